The van der Waals surface area contributed by atoms with E-state index in [1.807, 2.05) is 0 Å². The molecule has 0 amide bonds. The molecule has 1 saturated carbocycles. The zero-order valence-corrected chi connectivity index (χ0v) is 23.9. The molecule has 0 N–H and O–H groups in total. The Morgan fingerprint density at radius 3 is 1.16 bits per heavy atom. The van der Waals surface area contributed by atoms with E-state index in [1.165, 1.54) is 83.3 Å². The van der Waals surface area contributed by atoms with Gasteiger partial charge in [0.2, 0.25) is 0 Å². The maximum atomic E-state index is 2.56. The third-order valence-corrected chi connectivity index (χ3v) is 9.47. The van der Waals surface area contributed by atoms with Crippen molar-refractivity contribution in [3.63, 3.8) is 0 Å². The fourth-order valence-electron chi connectivity index (χ4n) is 7.47. The zero-order valence-electron chi connectivity index (χ0n) is 23.9. The van der Waals surface area contributed by atoms with Crippen LogP contribution in [0.5, 0.6) is 0 Å². The van der Waals surface area contributed by atoms with E-state index in [0.29, 0.717) is 11.8 Å². The molecule has 7 aromatic rings. The summed E-state index contributed by atoms with van der Waals surface area (Å²) in [6, 6.07) is 51.2. The number of rotatable bonds is 4. The summed E-state index contributed by atoms with van der Waals surface area (Å²) in [5, 5.41) is 7.87. The average Bonchev–Trinajstić information content (AvgIpc) is 3.86. The predicted octanol–water partition coefficient (Wildman–Crippen LogP) is 11.7. The van der Waals surface area contributed by atoms with Gasteiger partial charge in [-0.2, -0.15) is 0 Å². The second-order valence-electron chi connectivity index (χ2n) is 12.0. The highest BCUT2D eigenvalue weighted by Crippen LogP contribution is 2.54. The monoisotopic (exact) mass is 546 g/mol. The Bertz CT molecular complexity index is 2190. The SMILES string of the molecule is C1=CC2CC2C=C1c1c2ccccc2c(-c2ccccc2)c2c(-c3ccccc3)c3ccccc3c(-c3ccccc3)c12. The molecule has 1 fully saturated rings. The van der Waals surface area contributed by atoms with E-state index in [2.05, 4.69) is 158 Å². The highest BCUT2D eigenvalue weighted by molar-refractivity contribution is 6.32. The molecule has 9 rings (SSSR count). The molecule has 0 spiro atoms. The Morgan fingerprint density at radius 1 is 0.372 bits per heavy atom. The maximum absolute atomic E-state index is 2.56. The number of benzene rings is 7. The van der Waals surface area contributed by atoms with E-state index in [4.69, 9.17) is 0 Å². The Labute approximate surface area is 252 Å². The lowest BCUT2D eigenvalue weighted by Crippen LogP contribution is -2.00. The Morgan fingerprint density at radius 2 is 0.744 bits per heavy atom. The van der Waals surface area contributed by atoms with E-state index in [-0.39, 0.29) is 0 Å². The lowest BCUT2D eigenvalue weighted by molar-refractivity contribution is 0.985. The van der Waals surface area contributed by atoms with Crippen molar-refractivity contribution >= 4 is 37.9 Å². The van der Waals surface area contributed by atoms with E-state index in [1.54, 1.807) is 0 Å². The molecular formula is C43H30. The minimum atomic E-state index is 0.650. The van der Waals surface area contributed by atoms with Crippen molar-refractivity contribution in [1.82, 2.24) is 0 Å². The largest absolute Gasteiger partial charge is 0.0802 e. The smallest absolute Gasteiger partial charge is 0.000139 e. The number of fused-ring (bicyclic) bond motifs is 4. The van der Waals surface area contributed by atoms with Gasteiger partial charge >= 0.3 is 0 Å². The van der Waals surface area contributed by atoms with Gasteiger partial charge in [0.05, 0.1) is 0 Å². The number of hydrogen-bond acceptors (Lipinski definition) is 0. The first-order valence-electron chi connectivity index (χ1n) is 15.4. The number of allylic oxidation sites excluding steroid dienone is 4. The summed E-state index contributed by atoms with van der Waals surface area (Å²) in [6.07, 6.45) is 8.68. The second kappa shape index (κ2) is 9.68. The van der Waals surface area contributed by atoms with Crippen LogP contribution in [0.25, 0.3) is 71.3 Å². The van der Waals surface area contributed by atoms with Crippen LogP contribution in [0.15, 0.2) is 158 Å². The molecule has 2 unspecified atom stereocenters. The van der Waals surface area contributed by atoms with Crippen LogP contribution in [0.2, 0.25) is 0 Å². The van der Waals surface area contributed by atoms with Gasteiger partial charge < -0.3 is 0 Å². The fourth-order valence-corrected chi connectivity index (χ4v) is 7.47. The van der Waals surface area contributed by atoms with Crippen LogP contribution in [-0.2, 0) is 0 Å². The van der Waals surface area contributed by atoms with E-state index in [0.717, 1.165) is 0 Å². The molecule has 7 aromatic carbocycles. The minimum absolute atomic E-state index is 0.650. The Hall–Kier alpha value is -5.20. The normalized spacial score (nSPS) is 17.3. The van der Waals surface area contributed by atoms with Gasteiger partial charge in [0.25, 0.3) is 0 Å². The molecular weight excluding hydrogens is 516 g/mol. The van der Waals surface area contributed by atoms with Crippen LogP contribution >= 0.6 is 0 Å². The van der Waals surface area contributed by atoms with Gasteiger partial charge in [0, 0.05) is 0 Å². The lowest BCUT2D eigenvalue weighted by Gasteiger charge is -2.26. The summed E-state index contributed by atoms with van der Waals surface area (Å²) >= 11 is 0. The van der Waals surface area contributed by atoms with Crippen LogP contribution in [0.1, 0.15) is 12.0 Å². The molecule has 0 bridgehead atoms. The molecule has 2 aliphatic rings. The van der Waals surface area contributed by atoms with Crippen molar-refractivity contribution < 1.29 is 0 Å². The summed E-state index contributed by atoms with van der Waals surface area (Å²) in [4.78, 5) is 0. The van der Waals surface area contributed by atoms with Gasteiger partial charge in [-0.25, -0.2) is 0 Å². The zero-order chi connectivity index (χ0) is 28.3. The molecule has 0 heteroatoms. The van der Waals surface area contributed by atoms with Gasteiger partial charge in [-0.3, -0.25) is 0 Å². The summed E-state index contributed by atoms with van der Waals surface area (Å²) in [5.74, 6) is 1.36. The lowest BCUT2D eigenvalue weighted by atomic mass is 9.77. The molecule has 0 saturated heterocycles. The Balaban J connectivity index is 1.63. The van der Waals surface area contributed by atoms with Crippen molar-refractivity contribution in [3.05, 3.63) is 163 Å². The van der Waals surface area contributed by atoms with Gasteiger partial charge in [0.1, 0.15) is 0 Å². The van der Waals surface area contributed by atoms with E-state index < -0.39 is 0 Å². The van der Waals surface area contributed by atoms with E-state index >= 15 is 0 Å². The van der Waals surface area contributed by atoms with Gasteiger partial charge in [-0.1, -0.05) is 158 Å². The van der Waals surface area contributed by atoms with E-state index in [9.17, 15) is 0 Å². The highest BCUT2D eigenvalue weighted by atomic mass is 14.4. The fraction of sp³-hybridized carbons (Fsp3) is 0.0698. The first-order valence-corrected chi connectivity index (χ1v) is 15.4. The van der Waals surface area contributed by atoms with Gasteiger partial charge in [-0.05, 0) is 95.1 Å². The van der Waals surface area contributed by atoms with Crippen molar-refractivity contribution in [2.24, 2.45) is 11.8 Å². The molecule has 202 valence electrons. The molecule has 0 aliphatic heterocycles. The van der Waals surface area contributed by atoms with Crippen molar-refractivity contribution in [2.75, 3.05) is 0 Å². The summed E-state index contributed by atoms with van der Waals surface area (Å²) in [6.45, 7) is 0. The Kier molecular flexibility index (Phi) is 5.49. The molecule has 43 heavy (non-hydrogen) atoms. The van der Waals surface area contributed by atoms with Crippen molar-refractivity contribution in [1.29, 1.82) is 0 Å². The third kappa shape index (κ3) is 3.84. The highest BCUT2D eigenvalue weighted by Gasteiger charge is 2.36. The average molecular weight is 547 g/mol. The van der Waals surface area contributed by atoms with Crippen molar-refractivity contribution in [3.8, 4) is 33.4 Å². The first kappa shape index (κ1) is 24.4. The third-order valence-electron chi connectivity index (χ3n) is 9.47. The van der Waals surface area contributed by atoms with Crippen LogP contribution < -0.4 is 0 Å². The summed E-state index contributed by atoms with van der Waals surface area (Å²) in [7, 11) is 0. The molecule has 0 radical (unpaired) electrons. The van der Waals surface area contributed by atoms with Crippen LogP contribution in [0.4, 0.5) is 0 Å². The molecule has 0 heterocycles. The van der Waals surface area contributed by atoms with Crippen LogP contribution in [-0.4, -0.2) is 0 Å². The second-order valence-corrected chi connectivity index (χ2v) is 12.0. The topological polar surface area (TPSA) is 0 Å². The molecule has 2 aliphatic carbocycles. The van der Waals surface area contributed by atoms with Gasteiger partial charge in [-0.15, -0.1) is 0 Å². The predicted molar refractivity (Wildman–Crippen MR) is 184 cm³/mol. The van der Waals surface area contributed by atoms with Gasteiger partial charge in [0.15, 0.2) is 0 Å². The standard InChI is InChI=1S/C43H30/c1-4-14-28(15-5-1)38-34-20-10-11-21-35(34)40(30-18-8-3-9-19-30)43-41(32-25-24-31-26-33(31)27-32)37-23-13-12-22-36(37)39(42(38)43)29-16-6-2-7-17-29/h1-25,27,31,33H,26H2. The number of hydrogen-bond donors (Lipinski definition) is 0. The quantitative estimate of drug-likeness (QED) is 0.193. The summed E-state index contributed by atoms with van der Waals surface area (Å²) < 4.78 is 0. The molecule has 0 nitrogen and oxygen atoms in total. The van der Waals surface area contributed by atoms with Crippen molar-refractivity contribution in [2.45, 2.75) is 6.42 Å². The van der Waals surface area contributed by atoms with Crippen LogP contribution in [0, 0.1) is 11.8 Å². The minimum Gasteiger partial charge on any atom is -0.0802 e. The maximum Gasteiger partial charge on any atom is -0.000139 e. The van der Waals surface area contributed by atoms with Crippen LogP contribution in [0.3, 0.4) is 0 Å². The first-order chi connectivity index (χ1) is 21.4. The molecule has 0 aromatic heterocycles. The molecule has 2 atom stereocenters. The summed E-state index contributed by atoms with van der Waals surface area (Å²) in [5.41, 5.74) is 10.4.